The molecule has 0 radical (unpaired) electrons. The summed E-state index contributed by atoms with van der Waals surface area (Å²) in [7, 11) is 0. The Morgan fingerprint density at radius 3 is 2.30 bits per heavy atom. The Kier molecular flexibility index (Phi) is 6.93. The number of nitrogens with zero attached hydrogens (tertiary/aromatic N) is 4. The predicted octanol–water partition coefficient (Wildman–Crippen LogP) is 6.12. The van der Waals surface area contributed by atoms with Gasteiger partial charge in [0.1, 0.15) is 5.76 Å². The van der Waals surface area contributed by atoms with Crippen LogP contribution in [0.5, 0.6) is 0 Å². The summed E-state index contributed by atoms with van der Waals surface area (Å²) in [5.41, 5.74) is 7.27. The van der Waals surface area contributed by atoms with Crippen molar-refractivity contribution >= 4 is 34.6 Å². The van der Waals surface area contributed by atoms with Crippen LogP contribution in [-0.4, -0.2) is 22.5 Å². The fourth-order valence-electron chi connectivity index (χ4n) is 4.09. The third-order valence-corrected chi connectivity index (χ3v) is 5.93. The van der Waals surface area contributed by atoms with Crippen LogP contribution in [0, 0.1) is 6.92 Å². The molecule has 0 spiro atoms. The van der Waals surface area contributed by atoms with Crippen LogP contribution in [0.3, 0.4) is 0 Å². The number of carbonyl (C=O) groups is 2. The Morgan fingerprint density at radius 1 is 0.865 bits per heavy atom. The molecule has 0 bridgehead atoms. The summed E-state index contributed by atoms with van der Waals surface area (Å²) in [6, 6.07) is 19.8. The van der Waals surface area contributed by atoms with Gasteiger partial charge in [-0.3, -0.25) is 14.6 Å². The molecule has 2 heterocycles. The Bertz CT molecular complexity index is 1480. The average molecular weight is 493 g/mol. The molecule has 0 fully saturated rings. The van der Waals surface area contributed by atoms with Crippen molar-refractivity contribution in [1.82, 2.24) is 10.4 Å². The fourth-order valence-corrected chi connectivity index (χ4v) is 4.09. The van der Waals surface area contributed by atoms with E-state index < -0.39 is 0 Å². The molecule has 2 aromatic carbocycles. The van der Waals surface area contributed by atoms with E-state index in [1.165, 1.54) is 0 Å². The molecule has 0 saturated heterocycles. The first kappa shape index (κ1) is 23.8. The van der Waals surface area contributed by atoms with Gasteiger partial charge in [0.05, 0.1) is 17.1 Å². The molecule has 2 N–H and O–H groups in total. The molecule has 2 aromatic heterocycles. The van der Waals surface area contributed by atoms with Gasteiger partial charge in [0.25, 0.3) is 11.8 Å². The van der Waals surface area contributed by atoms with Gasteiger partial charge in [-0.15, -0.1) is 0 Å². The maximum atomic E-state index is 13.0. The zero-order valence-corrected chi connectivity index (χ0v) is 20.1. The fraction of sp³-hybridized carbons (Fsp3) is 0.143. The molecular weight excluding hydrogens is 468 g/mol. The van der Waals surface area contributed by atoms with Crippen molar-refractivity contribution in [3.8, 4) is 0 Å². The van der Waals surface area contributed by atoms with Crippen molar-refractivity contribution in [2.45, 2.75) is 26.2 Å². The number of hydrogen-bond acceptors (Lipinski definition) is 7. The van der Waals surface area contributed by atoms with Gasteiger partial charge in [-0.05, 0) is 68.3 Å². The predicted molar refractivity (Wildman–Crippen MR) is 140 cm³/mol. The first-order valence-electron chi connectivity index (χ1n) is 11.9. The third kappa shape index (κ3) is 5.51. The third-order valence-electron chi connectivity index (χ3n) is 5.93. The number of furan rings is 1. The lowest BCUT2D eigenvalue weighted by Gasteiger charge is -2.13. The molecule has 5 rings (SSSR count). The smallest absolute Gasteiger partial charge is 0.291 e. The molecule has 2 amide bonds. The van der Waals surface area contributed by atoms with Crippen molar-refractivity contribution in [3.05, 3.63) is 107 Å². The second kappa shape index (κ2) is 10.8. The zero-order valence-electron chi connectivity index (χ0n) is 20.1. The highest BCUT2D eigenvalue weighted by molar-refractivity contribution is 6.09. The van der Waals surface area contributed by atoms with Gasteiger partial charge in [-0.1, -0.05) is 18.2 Å². The Hall–Kier alpha value is -4.92. The highest BCUT2D eigenvalue weighted by atomic mass is 16.4. The normalized spacial score (nSPS) is 13.9. The van der Waals surface area contributed by atoms with Gasteiger partial charge in [0.2, 0.25) is 0 Å². The summed E-state index contributed by atoms with van der Waals surface area (Å²) in [5, 5.41) is 15.6. The second-order valence-electron chi connectivity index (χ2n) is 8.48. The molecule has 1 aliphatic carbocycles. The summed E-state index contributed by atoms with van der Waals surface area (Å²) in [6.07, 6.45) is 5.28. The maximum Gasteiger partial charge on any atom is 0.291 e. The molecule has 184 valence electrons. The van der Waals surface area contributed by atoms with E-state index >= 15 is 0 Å². The van der Waals surface area contributed by atoms with Crippen LogP contribution in [-0.2, 0) is 6.42 Å². The number of aryl methyl sites for hydroxylation is 1. The number of hydrazone groups is 1. The van der Waals surface area contributed by atoms with Gasteiger partial charge >= 0.3 is 0 Å². The van der Waals surface area contributed by atoms with Crippen molar-refractivity contribution in [2.75, 3.05) is 5.32 Å². The number of fused-ring (bicyclic) bond motifs is 1. The number of carbonyl (C=O) groups excluding carboxylic acids is 2. The summed E-state index contributed by atoms with van der Waals surface area (Å²) in [4.78, 5) is 29.4. The van der Waals surface area contributed by atoms with Crippen LogP contribution < -0.4 is 10.7 Å². The second-order valence-corrected chi connectivity index (χ2v) is 8.48. The van der Waals surface area contributed by atoms with E-state index in [1.807, 2.05) is 37.3 Å². The van der Waals surface area contributed by atoms with Gasteiger partial charge in [-0.25, -0.2) is 5.43 Å². The summed E-state index contributed by atoms with van der Waals surface area (Å²) in [5.74, 6) is 0.244. The van der Waals surface area contributed by atoms with Crippen molar-refractivity contribution < 1.29 is 14.0 Å². The van der Waals surface area contributed by atoms with E-state index in [1.54, 1.807) is 48.8 Å². The van der Waals surface area contributed by atoms with Gasteiger partial charge in [0, 0.05) is 41.2 Å². The van der Waals surface area contributed by atoms with Crippen molar-refractivity contribution in [3.63, 3.8) is 0 Å². The zero-order chi connectivity index (χ0) is 25.6. The molecule has 4 aromatic rings. The Labute approximate surface area is 213 Å². The molecule has 0 atom stereocenters. The van der Waals surface area contributed by atoms with E-state index in [-0.39, 0.29) is 17.6 Å². The van der Waals surface area contributed by atoms with E-state index in [0.29, 0.717) is 46.8 Å². The topological polar surface area (TPSA) is 121 Å². The van der Waals surface area contributed by atoms with Crippen LogP contribution in [0.25, 0.3) is 0 Å². The lowest BCUT2D eigenvalue weighted by Crippen LogP contribution is -2.22. The van der Waals surface area contributed by atoms with Crippen molar-refractivity contribution in [2.24, 2.45) is 15.3 Å². The van der Waals surface area contributed by atoms with Gasteiger partial charge in [0.15, 0.2) is 5.76 Å². The van der Waals surface area contributed by atoms with Crippen LogP contribution in [0.4, 0.5) is 17.1 Å². The number of azo groups is 1. The first-order valence-corrected chi connectivity index (χ1v) is 11.9. The summed E-state index contributed by atoms with van der Waals surface area (Å²) in [6.45, 7) is 1.83. The van der Waals surface area contributed by atoms with E-state index in [2.05, 4.69) is 31.1 Å². The average Bonchev–Trinajstić information content (AvgIpc) is 3.29. The highest BCUT2D eigenvalue weighted by Crippen LogP contribution is 2.30. The van der Waals surface area contributed by atoms with Gasteiger partial charge in [-0.2, -0.15) is 15.3 Å². The molecule has 37 heavy (non-hydrogen) atoms. The summed E-state index contributed by atoms with van der Waals surface area (Å²) >= 11 is 0. The number of pyridine rings is 1. The minimum absolute atomic E-state index is 0.230. The van der Waals surface area contributed by atoms with E-state index in [9.17, 15) is 9.59 Å². The highest BCUT2D eigenvalue weighted by Gasteiger charge is 2.28. The Morgan fingerprint density at radius 2 is 1.57 bits per heavy atom. The monoisotopic (exact) mass is 492 g/mol. The number of benzene rings is 2. The first-order chi connectivity index (χ1) is 18.1. The Balaban J connectivity index is 1.29. The van der Waals surface area contributed by atoms with Crippen LogP contribution in [0.15, 0.2) is 98.9 Å². The van der Waals surface area contributed by atoms with Crippen molar-refractivity contribution in [1.29, 1.82) is 0 Å². The molecule has 0 aliphatic heterocycles. The minimum atomic E-state index is -0.356. The number of anilines is 1. The number of hydrogen-bond donors (Lipinski definition) is 2. The summed E-state index contributed by atoms with van der Waals surface area (Å²) < 4.78 is 5.96. The molecule has 9 heteroatoms. The standard InChI is InChI=1S/C28H24N6O3/c1-18-25-23(33-34-27(35)19-14-16-29-17-15-19)8-5-9-24(25)37-26(18)28(36)30-20-10-12-22(13-11-20)32-31-21-6-3-2-4-7-21/h2-4,6-7,10-17H,5,8-9H2,1H3,(H,30,36)(H,34,35)/b32-31?,33-23+. The SMILES string of the molecule is Cc1c(C(=O)Nc2ccc(N=Nc3ccccc3)cc2)oc2c1/C(=N/NC(=O)c1ccncc1)CCC2. The minimum Gasteiger partial charge on any atom is -0.455 e. The molecule has 9 nitrogen and oxygen atoms in total. The molecular formula is C28H24N6O3. The largest absolute Gasteiger partial charge is 0.455 e. The van der Waals surface area contributed by atoms with E-state index in [4.69, 9.17) is 4.42 Å². The molecule has 0 saturated carbocycles. The molecule has 0 unspecified atom stereocenters. The number of aromatic nitrogens is 1. The maximum absolute atomic E-state index is 13.0. The quantitative estimate of drug-likeness (QED) is 0.249. The lowest BCUT2D eigenvalue weighted by molar-refractivity contribution is 0.0953. The van der Waals surface area contributed by atoms with Crippen LogP contribution >= 0.6 is 0 Å². The van der Waals surface area contributed by atoms with Crippen LogP contribution in [0.2, 0.25) is 0 Å². The lowest BCUT2D eigenvalue weighted by atomic mass is 9.93. The number of amides is 2. The van der Waals surface area contributed by atoms with Gasteiger partial charge < -0.3 is 9.73 Å². The number of rotatable bonds is 6. The molecule has 1 aliphatic rings. The number of nitrogens with one attached hydrogen (secondary N) is 2. The van der Waals surface area contributed by atoms with E-state index in [0.717, 1.165) is 17.7 Å². The van der Waals surface area contributed by atoms with Crippen LogP contribution in [0.1, 0.15) is 50.6 Å².